The van der Waals surface area contributed by atoms with Gasteiger partial charge in [-0.2, -0.15) is 0 Å². The van der Waals surface area contributed by atoms with E-state index in [0.717, 1.165) is 5.57 Å². The molecule has 0 amide bonds. The van der Waals surface area contributed by atoms with Gasteiger partial charge in [0.05, 0.1) is 12.0 Å². The molecule has 1 heterocycles. The van der Waals surface area contributed by atoms with Gasteiger partial charge in [0.2, 0.25) is 0 Å². The van der Waals surface area contributed by atoms with Crippen molar-refractivity contribution in [2.24, 2.45) is 5.92 Å². The highest BCUT2D eigenvalue weighted by Gasteiger charge is 2.47. The van der Waals surface area contributed by atoms with Gasteiger partial charge in [-0.05, 0) is 51.3 Å². The van der Waals surface area contributed by atoms with E-state index >= 15 is 0 Å². The number of esters is 2. The maximum Gasteiger partial charge on any atom is 0.334 e. The van der Waals surface area contributed by atoms with Crippen molar-refractivity contribution in [2.45, 2.75) is 58.5 Å². The molecule has 0 bridgehead atoms. The van der Waals surface area contributed by atoms with Crippen LogP contribution in [0.1, 0.15) is 34.1 Å². The Bertz CT molecular complexity index is 695. The lowest BCUT2D eigenvalue weighted by Crippen LogP contribution is -2.42. The number of hydrogen-bond donors (Lipinski definition) is 2. The molecule has 0 saturated carbocycles. The molecule has 0 spiro atoms. The monoisotopic (exact) mass is 362 g/mol. The van der Waals surface area contributed by atoms with Gasteiger partial charge in [-0.25, -0.2) is 9.59 Å². The molecule has 6 nitrogen and oxygen atoms in total. The predicted octanol–water partition coefficient (Wildman–Crippen LogP) is 1.98. The standard InChI is InChI=1S/C20H26O6/c1-10(2)8-16(22)26-19-17-13(5)20(24)25-15(17)9-12(4)14(21)7-6-11(3)18(19)23/h6,8-9,14-15,17-19,21,23H,5,7H2,1-4H3. The largest absolute Gasteiger partial charge is 0.455 e. The molecule has 0 aromatic heterocycles. The second kappa shape index (κ2) is 8.01. The van der Waals surface area contributed by atoms with Crippen molar-refractivity contribution in [3.63, 3.8) is 0 Å². The fourth-order valence-electron chi connectivity index (χ4n) is 3.10. The topological polar surface area (TPSA) is 93.1 Å². The van der Waals surface area contributed by atoms with Gasteiger partial charge in [0.25, 0.3) is 0 Å². The number of carbonyl (C=O) groups is 2. The fraction of sp³-hybridized carbons (Fsp3) is 0.500. The van der Waals surface area contributed by atoms with Gasteiger partial charge < -0.3 is 19.7 Å². The van der Waals surface area contributed by atoms with Gasteiger partial charge in [0, 0.05) is 11.6 Å². The highest BCUT2D eigenvalue weighted by molar-refractivity contribution is 5.91. The molecule has 5 atom stereocenters. The minimum Gasteiger partial charge on any atom is -0.455 e. The van der Waals surface area contributed by atoms with E-state index in [1.54, 1.807) is 39.8 Å². The van der Waals surface area contributed by atoms with E-state index in [4.69, 9.17) is 9.47 Å². The Hall–Kier alpha value is -2.18. The third-order valence-electron chi connectivity index (χ3n) is 4.67. The van der Waals surface area contributed by atoms with E-state index < -0.39 is 42.3 Å². The lowest BCUT2D eigenvalue weighted by molar-refractivity contribution is -0.152. The summed E-state index contributed by atoms with van der Waals surface area (Å²) in [5.74, 6) is -1.95. The maximum absolute atomic E-state index is 12.2. The summed E-state index contributed by atoms with van der Waals surface area (Å²) in [6.45, 7) is 10.7. The van der Waals surface area contributed by atoms with Crippen molar-refractivity contribution in [1.29, 1.82) is 0 Å². The van der Waals surface area contributed by atoms with Crippen LogP contribution in [0.15, 0.2) is 47.1 Å². The van der Waals surface area contributed by atoms with E-state index in [1.165, 1.54) is 6.08 Å². The Labute approximate surface area is 153 Å². The number of ether oxygens (including phenoxy) is 2. The van der Waals surface area contributed by atoms with Crippen LogP contribution in [0.25, 0.3) is 0 Å². The third kappa shape index (κ3) is 4.31. The van der Waals surface area contributed by atoms with Crippen LogP contribution in [0.5, 0.6) is 0 Å². The van der Waals surface area contributed by atoms with E-state index in [9.17, 15) is 19.8 Å². The van der Waals surface area contributed by atoms with E-state index in [2.05, 4.69) is 6.58 Å². The van der Waals surface area contributed by atoms with Crippen molar-refractivity contribution in [3.05, 3.63) is 47.1 Å². The van der Waals surface area contributed by atoms with E-state index in [1.807, 2.05) is 0 Å². The Balaban J connectivity index is 2.49. The van der Waals surface area contributed by atoms with Gasteiger partial charge in [-0.1, -0.05) is 18.2 Å². The Morgan fingerprint density at radius 1 is 1.31 bits per heavy atom. The molecule has 2 rings (SSSR count). The molecular formula is C20H26O6. The lowest BCUT2D eigenvalue weighted by Gasteiger charge is -2.31. The van der Waals surface area contributed by atoms with Crippen LogP contribution >= 0.6 is 0 Å². The molecule has 0 aromatic rings. The van der Waals surface area contributed by atoms with Crippen LogP contribution in [-0.2, 0) is 19.1 Å². The Morgan fingerprint density at radius 3 is 2.58 bits per heavy atom. The summed E-state index contributed by atoms with van der Waals surface area (Å²) in [6, 6.07) is 0. The first kappa shape index (κ1) is 20.1. The van der Waals surface area contributed by atoms with Gasteiger partial charge in [-0.3, -0.25) is 0 Å². The van der Waals surface area contributed by atoms with Crippen LogP contribution in [0.4, 0.5) is 0 Å². The average Bonchev–Trinajstić information content (AvgIpc) is 2.82. The molecule has 2 N–H and O–H groups in total. The first-order chi connectivity index (χ1) is 12.1. The summed E-state index contributed by atoms with van der Waals surface area (Å²) in [4.78, 5) is 24.2. The molecule has 1 aliphatic heterocycles. The molecule has 2 aliphatic rings. The number of fused-ring (bicyclic) bond motifs is 1. The molecule has 0 radical (unpaired) electrons. The molecule has 1 fully saturated rings. The van der Waals surface area contributed by atoms with E-state index in [0.29, 0.717) is 17.6 Å². The number of hydrogen-bond acceptors (Lipinski definition) is 6. The molecule has 5 unspecified atom stereocenters. The predicted molar refractivity (Wildman–Crippen MR) is 96.0 cm³/mol. The average molecular weight is 362 g/mol. The van der Waals surface area contributed by atoms with Crippen molar-refractivity contribution < 1.29 is 29.3 Å². The van der Waals surface area contributed by atoms with E-state index in [-0.39, 0.29) is 5.57 Å². The van der Waals surface area contributed by atoms with Crippen LogP contribution in [0.3, 0.4) is 0 Å². The number of carbonyl (C=O) groups excluding carboxylic acids is 2. The van der Waals surface area contributed by atoms with Gasteiger partial charge in [0.1, 0.15) is 18.3 Å². The molecule has 1 saturated heterocycles. The number of allylic oxidation sites excluding steroid dienone is 1. The van der Waals surface area contributed by atoms with Gasteiger partial charge >= 0.3 is 11.9 Å². The van der Waals surface area contributed by atoms with Crippen LogP contribution in [0, 0.1) is 5.92 Å². The quantitative estimate of drug-likeness (QED) is 0.443. The van der Waals surface area contributed by atoms with Crippen LogP contribution < -0.4 is 0 Å². The summed E-state index contributed by atoms with van der Waals surface area (Å²) < 4.78 is 10.9. The minimum atomic E-state index is -1.15. The number of aliphatic hydroxyl groups excluding tert-OH is 2. The first-order valence-corrected chi connectivity index (χ1v) is 8.58. The summed E-state index contributed by atoms with van der Waals surface area (Å²) in [7, 11) is 0. The minimum absolute atomic E-state index is 0.135. The summed E-state index contributed by atoms with van der Waals surface area (Å²) in [5, 5.41) is 21.0. The Kier molecular flexibility index (Phi) is 6.21. The highest BCUT2D eigenvalue weighted by Crippen LogP contribution is 2.36. The zero-order chi connectivity index (χ0) is 19.6. The highest BCUT2D eigenvalue weighted by atomic mass is 16.6. The SMILES string of the molecule is C=C1C(=O)OC2C=C(C)C(O)CC=C(C)C(O)C(OC(=O)C=C(C)C)C12. The van der Waals surface area contributed by atoms with Gasteiger partial charge in [0.15, 0.2) is 0 Å². The molecule has 26 heavy (non-hydrogen) atoms. The first-order valence-electron chi connectivity index (χ1n) is 8.58. The normalized spacial score (nSPS) is 32.0. The Morgan fingerprint density at radius 2 is 1.96 bits per heavy atom. The zero-order valence-electron chi connectivity index (χ0n) is 15.6. The zero-order valence-corrected chi connectivity index (χ0v) is 15.6. The second-order valence-electron chi connectivity index (χ2n) is 7.10. The number of aliphatic hydroxyl groups is 2. The lowest BCUT2D eigenvalue weighted by atomic mass is 9.83. The van der Waals surface area contributed by atoms with Crippen LogP contribution in [-0.4, -0.2) is 46.6 Å². The third-order valence-corrected chi connectivity index (χ3v) is 4.67. The summed E-state index contributed by atoms with van der Waals surface area (Å²) >= 11 is 0. The van der Waals surface area contributed by atoms with Crippen molar-refractivity contribution >= 4 is 11.9 Å². The molecule has 6 heteroatoms. The number of rotatable bonds is 2. The van der Waals surface area contributed by atoms with Crippen molar-refractivity contribution in [3.8, 4) is 0 Å². The summed E-state index contributed by atoms with van der Waals surface area (Å²) in [6.07, 6.45) is 1.25. The smallest absolute Gasteiger partial charge is 0.334 e. The molecule has 1 aliphatic carbocycles. The molecular weight excluding hydrogens is 336 g/mol. The van der Waals surface area contributed by atoms with Gasteiger partial charge in [-0.15, -0.1) is 0 Å². The van der Waals surface area contributed by atoms with Crippen molar-refractivity contribution in [2.75, 3.05) is 0 Å². The molecule has 142 valence electrons. The fourth-order valence-corrected chi connectivity index (χ4v) is 3.10. The maximum atomic E-state index is 12.2. The van der Waals surface area contributed by atoms with Crippen molar-refractivity contribution in [1.82, 2.24) is 0 Å². The molecule has 0 aromatic carbocycles. The second-order valence-corrected chi connectivity index (χ2v) is 7.10. The van der Waals surface area contributed by atoms with Crippen LogP contribution in [0.2, 0.25) is 0 Å². The summed E-state index contributed by atoms with van der Waals surface area (Å²) in [5.41, 5.74) is 2.07.